The zero-order valence-electron chi connectivity index (χ0n) is 7.68. The number of benzene rings is 1. The maximum atomic E-state index is 13.4. The normalized spacial score (nSPS) is 14.2. The summed E-state index contributed by atoms with van der Waals surface area (Å²) < 4.78 is 13.4. The van der Waals surface area contributed by atoms with Crippen LogP contribution in [0.15, 0.2) is 29.8 Å². The van der Waals surface area contributed by atoms with Crippen LogP contribution in [-0.4, -0.2) is 0 Å². The van der Waals surface area contributed by atoms with E-state index in [9.17, 15) is 4.39 Å². The minimum absolute atomic E-state index is 0.0689. The first-order valence-corrected chi connectivity index (χ1v) is 4.61. The van der Waals surface area contributed by atoms with Crippen molar-refractivity contribution in [1.29, 1.82) is 0 Å². The van der Waals surface area contributed by atoms with Gasteiger partial charge in [-0.2, -0.15) is 0 Å². The van der Waals surface area contributed by atoms with Crippen LogP contribution in [0.25, 0.3) is 0 Å². The average molecular weight is 175 g/mol. The lowest BCUT2D eigenvalue weighted by molar-refractivity contribution is 0.612. The van der Waals surface area contributed by atoms with Crippen LogP contribution in [0.2, 0.25) is 0 Å². The summed E-state index contributed by atoms with van der Waals surface area (Å²) in [6.07, 6.45) is 5.68. The molecule has 2 rings (SSSR count). The molecule has 0 aromatic heterocycles. The molecular formula is C12H12F. The molecule has 0 fully saturated rings. The van der Waals surface area contributed by atoms with E-state index in [4.69, 9.17) is 0 Å². The van der Waals surface area contributed by atoms with Gasteiger partial charge in [0, 0.05) is 6.42 Å². The number of halogens is 1. The summed E-state index contributed by atoms with van der Waals surface area (Å²) in [6, 6.07) is 5.53. The summed E-state index contributed by atoms with van der Waals surface area (Å²) in [5.74, 6) is -0.0689. The third-order valence-corrected chi connectivity index (χ3v) is 2.32. The van der Waals surface area contributed by atoms with E-state index in [0.29, 0.717) is 0 Å². The van der Waals surface area contributed by atoms with Gasteiger partial charge >= 0.3 is 0 Å². The summed E-state index contributed by atoms with van der Waals surface area (Å²) in [6.45, 7) is 2.03. The Kier molecular flexibility index (Phi) is 2.17. The highest BCUT2D eigenvalue weighted by Crippen LogP contribution is 2.23. The lowest BCUT2D eigenvalue weighted by Gasteiger charge is -2.02. The first-order chi connectivity index (χ1) is 6.29. The molecule has 0 heterocycles. The number of rotatable bonds is 3. The fourth-order valence-electron chi connectivity index (χ4n) is 1.35. The van der Waals surface area contributed by atoms with Crippen molar-refractivity contribution in [3.05, 3.63) is 53.2 Å². The molecule has 67 valence electrons. The Morgan fingerprint density at radius 1 is 1.31 bits per heavy atom. The molecule has 13 heavy (non-hydrogen) atoms. The molecule has 0 nitrogen and oxygen atoms in total. The Morgan fingerprint density at radius 2 is 2.08 bits per heavy atom. The second-order valence-electron chi connectivity index (χ2n) is 3.36. The molecule has 0 N–H and O–H groups in total. The highest BCUT2D eigenvalue weighted by atomic mass is 19.1. The fraction of sp³-hybridized carbons (Fsp3) is 0.250. The van der Waals surface area contributed by atoms with Crippen LogP contribution in [-0.2, 0) is 12.8 Å². The molecule has 1 radical (unpaired) electrons. The molecular weight excluding hydrogens is 163 g/mol. The quantitative estimate of drug-likeness (QED) is 0.662. The highest BCUT2D eigenvalue weighted by molar-refractivity contribution is 5.43. The van der Waals surface area contributed by atoms with E-state index in [1.54, 1.807) is 6.07 Å². The molecule has 1 aromatic rings. The number of hydrogen-bond acceptors (Lipinski definition) is 0. The van der Waals surface area contributed by atoms with Crippen molar-refractivity contribution in [2.45, 2.75) is 19.8 Å². The number of hydrogen-bond donors (Lipinski definition) is 0. The van der Waals surface area contributed by atoms with E-state index in [1.807, 2.05) is 31.6 Å². The third-order valence-electron chi connectivity index (χ3n) is 2.32. The topological polar surface area (TPSA) is 0 Å². The van der Waals surface area contributed by atoms with Crippen molar-refractivity contribution in [3.8, 4) is 0 Å². The van der Waals surface area contributed by atoms with Crippen LogP contribution in [0.1, 0.15) is 18.1 Å². The van der Waals surface area contributed by atoms with Gasteiger partial charge in [0.25, 0.3) is 0 Å². The Labute approximate surface area is 78.1 Å². The third kappa shape index (κ3) is 1.97. The van der Waals surface area contributed by atoms with Crippen molar-refractivity contribution < 1.29 is 4.39 Å². The highest BCUT2D eigenvalue weighted by Gasteiger charge is 2.11. The zero-order chi connectivity index (χ0) is 9.26. The van der Waals surface area contributed by atoms with Gasteiger partial charge in [0.05, 0.1) is 0 Å². The molecule has 0 saturated heterocycles. The van der Waals surface area contributed by atoms with Crippen LogP contribution in [0, 0.1) is 12.2 Å². The summed E-state index contributed by atoms with van der Waals surface area (Å²) in [5.41, 5.74) is 3.11. The van der Waals surface area contributed by atoms with Gasteiger partial charge in [-0.1, -0.05) is 30.7 Å². The van der Waals surface area contributed by atoms with Gasteiger partial charge in [-0.3, -0.25) is 0 Å². The molecule has 1 aliphatic carbocycles. The van der Waals surface area contributed by atoms with E-state index < -0.39 is 0 Å². The van der Waals surface area contributed by atoms with E-state index >= 15 is 0 Å². The molecule has 0 amide bonds. The molecule has 0 spiro atoms. The molecule has 0 atom stereocenters. The molecule has 0 saturated carbocycles. The lowest BCUT2D eigenvalue weighted by atomic mass is 10.1. The molecule has 1 aliphatic rings. The minimum atomic E-state index is -0.0689. The molecule has 0 unspecified atom stereocenters. The number of allylic oxidation sites excluding steroid dienone is 2. The van der Waals surface area contributed by atoms with Crippen LogP contribution >= 0.6 is 0 Å². The molecule has 0 bridgehead atoms. The Morgan fingerprint density at radius 3 is 2.62 bits per heavy atom. The van der Waals surface area contributed by atoms with E-state index in [2.05, 4.69) is 0 Å². The maximum absolute atomic E-state index is 13.4. The summed E-state index contributed by atoms with van der Waals surface area (Å²) >= 11 is 0. The second-order valence-corrected chi connectivity index (χ2v) is 3.36. The van der Waals surface area contributed by atoms with Crippen molar-refractivity contribution in [2.75, 3.05) is 0 Å². The van der Waals surface area contributed by atoms with Crippen LogP contribution in [0.4, 0.5) is 4.39 Å². The largest absolute Gasteiger partial charge is 0.207 e. The Bertz CT molecular complexity index is 350. The van der Waals surface area contributed by atoms with Crippen LogP contribution in [0.3, 0.4) is 0 Å². The van der Waals surface area contributed by atoms with Crippen LogP contribution in [0.5, 0.6) is 0 Å². The van der Waals surface area contributed by atoms with Gasteiger partial charge in [0.2, 0.25) is 0 Å². The van der Waals surface area contributed by atoms with Gasteiger partial charge in [-0.05, 0) is 30.0 Å². The summed E-state index contributed by atoms with van der Waals surface area (Å²) in [4.78, 5) is 0. The predicted octanol–water partition coefficient (Wildman–Crippen LogP) is 3.07. The van der Waals surface area contributed by atoms with Gasteiger partial charge in [0.15, 0.2) is 0 Å². The van der Waals surface area contributed by atoms with Crippen molar-refractivity contribution >= 4 is 0 Å². The fourth-order valence-corrected chi connectivity index (χ4v) is 1.35. The van der Waals surface area contributed by atoms with Gasteiger partial charge in [-0.25, -0.2) is 4.39 Å². The van der Waals surface area contributed by atoms with Gasteiger partial charge in [-0.15, -0.1) is 0 Å². The number of aryl methyl sites for hydroxylation is 1. The zero-order valence-corrected chi connectivity index (χ0v) is 7.68. The first kappa shape index (κ1) is 8.49. The summed E-state index contributed by atoms with van der Waals surface area (Å²) in [7, 11) is 0. The monoisotopic (exact) mass is 175 g/mol. The smallest absolute Gasteiger partial charge is 0.126 e. The molecule has 1 heteroatoms. The lowest BCUT2D eigenvalue weighted by Crippen LogP contribution is -1.91. The first-order valence-electron chi connectivity index (χ1n) is 4.61. The van der Waals surface area contributed by atoms with Crippen molar-refractivity contribution in [1.82, 2.24) is 0 Å². The maximum Gasteiger partial charge on any atom is 0.126 e. The molecule has 1 aromatic carbocycles. The van der Waals surface area contributed by atoms with E-state index in [1.165, 1.54) is 5.57 Å². The SMILES string of the molecule is CCc1ccc(CC2=C[CH]2)c(F)c1. The Balaban J connectivity index is 2.20. The predicted molar refractivity (Wildman–Crippen MR) is 51.9 cm³/mol. The minimum Gasteiger partial charge on any atom is -0.207 e. The van der Waals surface area contributed by atoms with Crippen molar-refractivity contribution in [2.24, 2.45) is 0 Å². The van der Waals surface area contributed by atoms with Crippen molar-refractivity contribution in [3.63, 3.8) is 0 Å². The second kappa shape index (κ2) is 3.33. The standard InChI is InChI=1S/C12H12F/c1-2-9-5-6-11(12(13)8-9)7-10-3-4-10/h3-6,8H,2,7H2,1H3. The van der Waals surface area contributed by atoms with Gasteiger partial charge < -0.3 is 0 Å². The van der Waals surface area contributed by atoms with Crippen LogP contribution < -0.4 is 0 Å². The van der Waals surface area contributed by atoms with E-state index in [-0.39, 0.29) is 5.82 Å². The van der Waals surface area contributed by atoms with Gasteiger partial charge in [0.1, 0.15) is 5.82 Å². The Hall–Kier alpha value is -1.11. The average Bonchev–Trinajstić information content (AvgIpc) is 2.92. The van der Waals surface area contributed by atoms with E-state index in [0.717, 1.165) is 24.0 Å². The molecule has 0 aliphatic heterocycles. The summed E-state index contributed by atoms with van der Waals surface area (Å²) in [5, 5.41) is 0.